The summed E-state index contributed by atoms with van der Waals surface area (Å²) in [6, 6.07) is 7.68. The fourth-order valence-corrected chi connectivity index (χ4v) is 4.53. The molecule has 0 radical (unpaired) electrons. The van der Waals surface area contributed by atoms with Gasteiger partial charge in [-0.2, -0.15) is 0 Å². The number of methoxy groups -OCH3 is 1. The van der Waals surface area contributed by atoms with Crippen molar-refractivity contribution in [3.63, 3.8) is 0 Å². The highest BCUT2D eigenvalue weighted by atomic mass is 16.5. The Morgan fingerprint density at radius 1 is 0.906 bits per heavy atom. The predicted molar refractivity (Wildman–Crippen MR) is 133 cm³/mol. The second-order valence-corrected chi connectivity index (χ2v) is 9.37. The zero-order chi connectivity index (χ0) is 23.2. The monoisotopic (exact) mass is 446 g/mol. The Balaban J connectivity index is 1.54. The number of amides is 1. The van der Waals surface area contributed by atoms with E-state index in [0.717, 1.165) is 50.0 Å². The van der Waals surface area contributed by atoms with Crippen LogP contribution in [0.2, 0.25) is 0 Å². The van der Waals surface area contributed by atoms with E-state index in [4.69, 9.17) is 9.47 Å². The van der Waals surface area contributed by atoms with Gasteiger partial charge < -0.3 is 19.3 Å². The minimum absolute atomic E-state index is 0.0908. The van der Waals surface area contributed by atoms with E-state index in [0.29, 0.717) is 12.1 Å². The highest BCUT2D eigenvalue weighted by Gasteiger charge is 2.27. The molecule has 1 saturated carbocycles. The lowest BCUT2D eigenvalue weighted by Crippen LogP contribution is -2.40. The lowest BCUT2D eigenvalue weighted by Gasteiger charge is -2.34. The van der Waals surface area contributed by atoms with Crippen LogP contribution < -0.4 is 4.74 Å². The molecule has 0 bridgehead atoms. The number of hydrogen-bond acceptors (Lipinski definition) is 4. The van der Waals surface area contributed by atoms with Gasteiger partial charge in [0.25, 0.3) is 5.91 Å². The maximum Gasteiger partial charge on any atom is 0.253 e. The van der Waals surface area contributed by atoms with Crippen molar-refractivity contribution in [2.24, 2.45) is 0 Å². The van der Waals surface area contributed by atoms with Crippen molar-refractivity contribution < 1.29 is 14.3 Å². The van der Waals surface area contributed by atoms with Gasteiger partial charge in [-0.05, 0) is 89.3 Å². The third-order valence-electron chi connectivity index (χ3n) is 6.78. The first-order chi connectivity index (χ1) is 15.5. The van der Waals surface area contributed by atoms with Crippen molar-refractivity contribution in [1.82, 2.24) is 9.80 Å². The Morgan fingerprint density at radius 3 is 2.16 bits per heavy atom. The number of ether oxygens (including phenoxy) is 2. The highest BCUT2D eigenvalue weighted by Crippen LogP contribution is 2.26. The van der Waals surface area contributed by atoms with Crippen LogP contribution in [0.1, 0.15) is 87.9 Å². The quantitative estimate of drug-likeness (QED) is 0.320. The summed E-state index contributed by atoms with van der Waals surface area (Å²) in [5, 5.41) is 0. The molecule has 1 fully saturated rings. The van der Waals surface area contributed by atoms with Gasteiger partial charge in [-0.1, -0.05) is 32.6 Å². The lowest BCUT2D eigenvalue weighted by molar-refractivity contribution is 0.00907. The molecular weight excluding hydrogens is 400 g/mol. The first-order valence-electron chi connectivity index (χ1n) is 12.8. The Hall–Kier alpha value is -1.59. The predicted octanol–water partition coefficient (Wildman–Crippen LogP) is 5.78. The van der Waals surface area contributed by atoms with Crippen LogP contribution in [0.3, 0.4) is 0 Å². The van der Waals surface area contributed by atoms with Crippen LogP contribution in [0, 0.1) is 0 Å². The van der Waals surface area contributed by atoms with Crippen LogP contribution in [0.5, 0.6) is 5.75 Å². The molecule has 182 valence electrons. The number of carbonyl (C=O) groups is 1. The molecular formula is C27H46N2O3. The summed E-state index contributed by atoms with van der Waals surface area (Å²) in [6.07, 6.45) is 13.5. The number of carbonyl (C=O) groups excluding carboxylic acids is 1. The smallest absolute Gasteiger partial charge is 0.253 e. The molecule has 1 aliphatic carbocycles. The van der Waals surface area contributed by atoms with E-state index in [1.807, 2.05) is 36.2 Å². The second kappa shape index (κ2) is 15.3. The van der Waals surface area contributed by atoms with Crippen LogP contribution >= 0.6 is 0 Å². The lowest BCUT2D eigenvalue weighted by atomic mass is 9.91. The average molecular weight is 447 g/mol. The SMILES string of the molecule is CCCCCN(C)CCCCCCO[C@H]1CC[C@H](N(C)C(=O)c2ccc(OC)cc2)CC1. The van der Waals surface area contributed by atoms with Gasteiger partial charge in [-0.15, -0.1) is 0 Å². The average Bonchev–Trinajstić information content (AvgIpc) is 2.83. The number of benzene rings is 1. The Labute approximate surface area is 196 Å². The Kier molecular flexibility index (Phi) is 12.7. The van der Waals surface area contributed by atoms with E-state index >= 15 is 0 Å². The van der Waals surface area contributed by atoms with Crippen molar-refractivity contribution in [3.05, 3.63) is 29.8 Å². The molecule has 0 aromatic heterocycles. The van der Waals surface area contributed by atoms with E-state index in [1.165, 1.54) is 51.6 Å². The third kappa shape index (κ3) is 9.50. The Bertz CT molecular complexity index is 626. The van der Waals surface area contributed by atoms with Gasteiger partial charge in [0.15, 0.2) is 0 Å². The first-order valence-corrected chi connectivity index (χ1v) is 12.8. The van der Waals surface area contributed by atoms with E-state index in [9.17, 15) is 4.79 Å². The van der Waals surface area contributed by atoms with E-state index < -0.39 is 0 Å². The first kappa shape index (κ1) is 26.7. The van der Waals surface area contributed by atoms with Crippen LogP contribution in [0.15, 0.2) is 24.3 Å². The van der Waals surface area contributed by atoms with Gasteiger partial charge >= 0.3 is 0 Å². The molecule has 5 heteroatoms. The van der Waals surface area contributed by atoms with Crippen LogP contribution in [-0.2, 0) is 4.74 Å². The summed E-state index contributed by atoms with van der Waals surface area (Å²) in [4.78, 5) is 17.2. The molecule has 1 aliphatic rings. The molecule has 0 aliphatic heterocycles. The molecule has 0 atom stereocenters. The van der Waals surface area contributed by atoms with Gasteiger partial charge in [0.05, 0.1) is 13.2 Å². The maximum absolute atomic E-state index is 12.8. The molecule has 0 spiro atoms. The molecule has 0 heterocycles. The van der Waals surface area contributed by atoms with Crippen molar-refractivity contribution in [2.45, 2.75) is 89.7 Å². The highest BCUT2D eigenvalue weighted by molar-refractivity contribution is 5.94. The van der Waals surface area contributed by atoms with Gasteiger partial charge in [-0.3, -0.25) is 4.79 Å². The summed E-state index contributed by atoms with van der Waals surface area (Å²) in [6.45, 7) is 5.59. The summed E-state index contributed by atoms with van der Waals surface area (Å²) in [5.41, 5.74) is 0.721. The molecule has 0 N–H and O–H groups in total. The van der Waals surface area contributed by atoms with E-state index in [1.54, 1.807) is 7.11 Å². The summed E-state index contributed by atoms with van der Waals surface area (Å²) in [5.74, 6) is 0.865. The summed E-state index contributed by atoms with van der Waals surface area (Å²) in [7, 11) is 5.81. The third-order valence-corrected chi connectivity index (χ3v) is 6.78. The zero-order valence-electron chi connectivity index (χ0n) is 21.0. The number of rotatable bonds is 15. The van der Waals surface area contributed by atoms with Gasteiger partial charge in [0, 0.05) is 25.3 Å². The number of nitrogens with zero attached hydrogens (tertiary/aromatic N) is 2. The summed E-state index contributed by atoms with van der Waals surface area (Å²) < 4.78 is 11.3. The molecule has 2 rings (SSSR count). The van der Waals surface area contributed by atoms with Gasteiger partial charge in [0.2, 0.25) is 0 Å². The maximum atomic E-state index is 12.8. The fraction of sp³-hybridized carbons (Fsp3) is 0.741. The van der Waals surface area contributed by atoms with Crippen LogP contribution in [0.4, 0.5) is 0 Å². The van der Waals surface area contributed by atoms with Gasteiger partial charge in [-0.25, -0.2) is 0 Å². The standard InChI is InChI=1S/C27H46N2O3/c1-5-6-9-20-28(2)21-10-7-8-11-22-32-26-18-14-24(15-19-26)29(3)27(30)23-12-16-25(31-4)17-13-23/h12-13,16-17,24,26H,5-11,14-15,18-22H2,1-4H3/t24-,26-. The molecule has 1 aromatic rings. The van der Waals surface area contributed by atoms with E-state index in [2.05, 4.69) is 18.9 Å². The van der Waals surface area contributed by atoms with Crippen molar-refractivity contribution >= 4 is 5.91 Å². The molecule has 0 saturated heterocycles. The zero-order valence-corrected chi connectivity index (χ0v) is 21.0. The topological polar surface area (TPSA) is 42.0 Å². The molecule has 0 unspecified atom stereocenters. The largest absolute Gasteiger partial charge is 0.497 e. The minimum atomic E-state index is 0.0908. The van der Waals surface area contributed by atoms with Crippen molar-refractivity contribution in [1.29, 1.82) is 0 Å². The normalized spacial score (nSPS) is 18.7. The van der Waals surface area contributed by atoms with Gasteiger partial charge in [0.1, 0.15) is 5.75 Å². The summed E-state index contributed by atoms with van der Waals surface area (Å²) >= 11 is 0. The van der Waals surface area contributed by atoms with Crippen LogP contribution in [0.25, 0.3) is 0 Å². The van der Waals surface area contributed by atoms with Crippen LogP contribution in [-0.4, -0.2) is 68.8 Å². The fourth-order valence-electron chi connectivity index (χ4n) is 4.53. The molecule has 32 heavy (non-hydrogen) atoms. The minimum Gasteiger partial charge on any atom is -0.497 e. The Morgan fingerprint density at radius 2 is 1.53 bits per heavy atom. The molecule has 5 nitrogen and oxygen atoms in total. The van der Waals surface area contributed by atoms with E-state index in [-0.39, 0.29) is 5.91 Å². The van der Waals surface area contributed by atoms with Crippen molar-refractivity contribution in [3.8, 4) is 5.75 Å². The van der Waals surface area contributed by atoms with Crippen molar-refractivity contribution in [2.75, 3.05) is 40.9 Å². The molecule has 1 aromatic carbocycles. The number of unbranched alkanes of at least 4 members (excludes halogenated alkanes) is 5. The second-order valence-electron chi connectivity index (χ2n) is 9.37. The number of hydrogen-bond donors (Lipinski definition) is 0. The molecule has 1 amide bonds.